The first-order chi connectivity index (χ1) is 2.83. The number of rotatable bonds is 0. The monoisotopic (exact) mass is 196 g/mol. The van der Waals surface area contributed by atoms with Crippen LogP contribution in [-0.4, -0.2) is 34.6 Å². The van der Waals surface area contributed by atoms with Crippen LogP contribution in [0, 0.1) is 0 Å². The third kappa shape index (κ3) is 1320. The van der Waals surface area contributed by atoms with Gasteiger partial charge in [0.25, 0.3) is 6.47 Å². The van der Waals surface area contributed by atoms with Crippen molar-refractivity contribution in [3.63, 3.8) is 0 Å². The van der Waals surface area contributed by atoms with Gasteiger partial charge in [-0.3, -0.25) is 4.79 Å². The van der Waals surface area contributed by atoms with Crippen LogP contribution >= 0.6 is 0 Å². The SMILES string of the molecule is N.N.O=C=O.O=CO.[B].[B].[H-].[H-].[HH].[Na+].[Na+]. The fourth-order valence-electron chi connectivity index (χ4n) is 0. The first-order valence-corrected chi connectivity index (χ1v) is 0.902. The summed E-state index contributed by atoms with van der Waals surface area (Å²) >= 11 is 0. The van der Waals surface area contributed by atoms with Gasteiger partial charge in [0.1, 0.15) is 0 Å². The average Bonchev–Trinajstić information content (AvgIpc) is 1.39. The number of hydrogen-bond acceptors (Lipinski definition) is 5. The van der Waals surface area contributed by atoms with E-state index >= 15 is 0 Å². The van der Waals surface area contributed by atoms with Crippen LogP contribution in [0.4, 0.5) is 0 Å². The largest absolute Gasteiger partial charge is 1.00 e. The minimum Gasteiger partial charge on any atom is -1.00 e. The van der Waals surface area contributed by atoms with E-state index in [0.29, 0.717) is 0 Å². The number of carbonyl (C=O) groups excluding carboxylic acids is 2. The number of hydrogen-bond donors (Lipinski definition) is 3. The summed E-state index contributed by atoms with van der Waals surface area (Å²) in [5, 5.41) is 6.89. The summed E-state index contributed by atoms with van der Waals surface area (Å²) in [6.07, 6.45) is 0.250. The molecule has 0 aliphatic heterocycles. The molecule has 62 valence electrons. The second kappa shape index (κ2) is 168. The standard InChI is InChI=1S/CH2O2.CO2.2B.2H3N.2Na.H2.2H/c2*2-1-3;;;;;;;;;/h1H,(H,2,3);;;;2*1H3;;;1H;;/q;;;;;;2*+1;;2*-1. The van der Waals surface area contributed by atoms with Crippen LogP contribution in [-0.2, 0) is 14.4 Å². The van der Waals surface area contributed by atoms with E-state index in [2.05, 4.69) is 0 Å². The molecule has 0 aromatic carbocycles. The van der Waals surface area contributed by atoms with E-state index in [1.165, 1.54) is 0 Å². The summed E-state index contributed by atoms with van der Waals surface area (Å²) in [6, 6.07) is 0. The van der Waals surface area contributed by atoms with Crippen molar-refractivity contribution in [2.45, 2.75) is 0 Å². The fraction of sp³-hybridized carbons (Fsp3) is 0. The Hall–Kier alpha value is 0.900. The Morgan fingerprint density at radius 1 is 1.17 bits per heavy atom. The van der Waals surface area contributed by atoms with Crippen molar-refractivity contribution < 1.29 is 82.9 Å². The van der Waals surface area contributed by atoms with E-state index in [9.17, 15) is 0 Å². The molecule has 0 bridgehead atoms. The van der Waals surface area contributed by atoms with E-state index in [1.807, 2.05) is 0 Å². The fourth-order valence-corrected chi connectivity index (χ4v) is 0. The Labute approximate surface area is 124 Å². The van der Waals surface area contributed by atoms with E-state index < -0.39 is 0 Å². The maximum Gasteiger partial charge on any atom is 1.00 e. The zero-order valence-corrected chi connectivity index (χ0v) is 11.3. The van der Waals surface area contributed by atoms with Gasteiger partial charge in [0, 0.05) is 18.3 Å². The normalized spacial score (nSPS) is 1.67. The summed E-state index contributed by atoms with van der Waals surface area (Å²) in [7, 11) is 0. The first kappa shape index (κ1) is 76.1. The number of carbonyl (C=O) groups is 1. The number of carboxylic acid groups (broad SMARTS) is 1. The van der Waals surface area contributed by atoms with E-state index in [-0.39, 0.29) is 105 Å². The molecule has 0 saturated carbocycles. The van der Waals surface area contributed by atoms with Crippen molar-refractivity contribution in [2.75, 3.05) is 0 Å². The third-order valence-electron chi connectivity index (χ3n) is 0. The van der Waals surface area contributed by atoms with Crippen LogP contribution in [0.15, 0.2) is 0 Å². The van der Waals surface area contributed by atoms with Crippen molar-refractivity contribution in [3.05, 3.63) is 0 Å². The molecule has 0 spiro atoms. The Kier molecular flexibility index (Phi) is 1070. The maximum atomic E-state index is 8.36. The van der Waals surface area contributed by atoms with Crippen molar-refractivity contribution >= 4 is 29.4 Å². The van der Waals surface area contributed by atoms with Crippen LogP contribution in [0.25, 0.3) is 0 Å². The molecule has 0 amide bonds. The van der Waals surface area contributed by atoms with Gasteiger partial charge in [-0.2, -0.15) is 9.59 Å². The zero-order valence-electron chi connectivity index (χ0n) is 9.32. The molecule has 6 nitrogen and oxygen atoms in total. The van der Waals surface area contributed by atoms with Crippen LogP contribution in [0.3, 0.4) is 0 Å². The quantitative estimate of drug-likeness (QED) is 0.259. The van der Waals surface area contributed by atoms with E-state index in [4.69, 9.17) is 19.5 Å². The van der Waals surface area contributed by atoms with Crippen molar-refractivity contribution in [1.29, 1.82) is 0 Å². The molecule has 0 aliphatic carbocycles. The zero-order chi connectivity index (χ0) is 5.41. The topological polar surface area (TPSA) is 141 Å². The molecular weight excluding hydrogens is 184 g/mol. The predicted octanol–water partition coefficient (Wildman–Crippen LogP) is -6.84. The summed E-state index contributed by atoms with van der Waals surface area (Å²) in [4.78, 5) is 24.6. The molecule has 0 saturated heterocycles. The molecular formula is C2H12B2N2Na2O4. The molecule has 0 unspecified atom stereocenters. The minimum atomic E-state index is -0.250. The summed E-state index contributed by atoms with van der Waals surface area (Å²) in [5.74, 6) is 0. The molecule has 12 heavy (non-hydrogen) atoms. The van der Waals surface area contributed by atoms with Crippen LogP contribution in [0.5, 0.6) is 0 Å². The van der Waals surface area contributed by atoms with Crippen LogP contribution in [0.1, 0.15) is 4.28 Å². The smallest absolute Gasteiger partial charge is 1.00 e. The van der Waals surface area contributed by atoms with Gasteiger partial charge in [-0.1, -0.05) is 0 Å². The van der Waals surface area contributed by atoms with Gasteiger partial charge >= 0.3 is 65.3 Å². The van der Waals surface area contributed by atoms with Gasteiger partial charge in [0.2, 0.25) is 0 Å². The predicted molar refractivity (Wildman–Crippen MR) is 39.6 cm³/mol. The molecule has 6 radical (unpaired) electrons. The molecule has 0 aromatic heterocycles. The van der Waals surface area contributed by atoms with E-state index in [1.54, 1.807) is 0 Å². The summed E-state index contributed by atoms with van der Waals surface area (Å²) in [5.41, 5.74) is 0. The molecule has 0 rings (SSSR count). The second-order valence-corrected chi connectivity index (χ2v) is 0.189. The first-order valence-electron chi connectivity index (χ1n) is 0.902. The van der Waals surface area contributed by atoms with Gasteiger partial charge in [-0.15, -0.1) is 0 Å². The third-order valence-corrected chi connectivity index (χ3v) is 0. The van der Waals surface area contributed by atoms with Crippen LogP contribution < -0.4 is 71.4 Å². The Balaban J connectivity index is -0.00000000148. The molecule has 10 heteroatoms. The van der Waals surface area contributed by atoms with Crippen molar-refractivity contribution in [2.24, 2.45) is 0 Å². The van der Waals surface area contributed by atoms with Crippen molar-refractivity contribution in [1.82, 2.24) is 12.3 Å². The Morgan fingerprint density at radius 2 is 1.17 bits per heavy atom. The molecule has 0 fully saturated rings. The van der Waals surface area contributed by atoms with Gasteiger partial charge in [-0.25, -0.2) is 0 Å². The molecule has 0 atom stereocenters. The van der Waals surface area contributed by atoms with Gasteiger partial charge in [-0.05, 0) is 0 Å². The molecule has 0 aliphatic rings. The Morgan fingerprint density at radius 3 is 1.17 bits per heavy atom. The van der Waals surface area contributed by atoms with Gasteiger partial charge in [0.05, 0.1) is 0 Å². The molecule has 7 N–H and O–H groups in total. The Bertz CT molecular complexity index is 82.9. The minimum absolute atomic E-state index is 0. The van der Waals surface area contributed by atoms with Gasteiger partial charge in [0.15, 0.2) is 0 Å². The average molecular weight is 196 g/mol. The van der Waals surface area contributed by atoms with Crippen LogP contribution in [0.2, 0.25) is 0 Å². The molecule has 0 heterocycles. The van der Waals surface area contributed by atoms with Crippen molar-refractivity contribution in [3.8, 4) is 0 Å². The summed E-state index contributed by atoms with van der Waals surface area (Å²) in [6.45, 7) is -0.250. The van der Waals surface area contributed by atoms with Gasteiger partial charge < -0.3 is 20.3 Å². The molecule has 0 aromatic rings. The maximum absolute atomic E-state index is 8.36. The summed E-state index contributed by atoms with van der Waals surface area (Å²) < 4.78 is 0. The second-order valence-electron chi connectivity index (χ2n) is 0.189. The van der Waals surface area contributed by atoms with E-state index in [0.717, 1.165) is 0 Å².